The normalized spacial score (nSPS) is 10.5. The molecule has 1 aromatic carbocycles. The maximum absolute atomic E-state index is 12.0. The summed E-state index contributed by atoms with van der Waals surface area (Å²) in [5.74, 6) is -0.232. The Hall–Kier alpha value is -1.52. The molecule has 1 heterocycles. The van der Waals surface area contributed by atoms with Crippen molar-refractivity contribution in [2.45, 2.75) is 13.5 Å². The average molecular weight is 298 g/mol. The Morgan fingerprint density at radius 1 is 1.42 bits per heavy atom. The van der Waals surface area contributed by atoms with E-state index in [4.69, 9.17) is 23.2 Å². The number of aromatic nitrogens is 2. The molecule has 0 bridgehead atoms. The summed E-state index contributed by atoms with van der Waals surface area (Å²) in [6.45, 7) is 2.31. The molecule has 1 N–H and O–H groups in total. The van der Waals surface area contributed by atoms with Gasteiger partial charge < -0.3 is 5.32 Å². The van der Waals surface area contributed by atoms with Gasteiger partial charge in [-0.05, 0) is 25.1 Å². The molecule has 0 fully saturated rings. The fourth-order valence-electron chi connectivity index (χ4n) is 1.77. The molecule has 4 nitrogen and oxygen atoms in total. The Kier molecular flexibility index (Phi) is 4.12. The zero-order valence-corrected chi connectivity index (χ0v) is 12.1. The second-order valence-corrected chi connectivity index (χ2v) is 5.06. The third-order valence-corrected chi connectivity index (χ3v) is 3.28. The number of carbonyl (C=O) groups excluding carboxylic acids is 1. The second kappa shape index (κ2) is 5.63. The number of rotatable bonds is 3. The molecule has 1 amide bonds. The minimum Gasteiger partial charge on any atom is -0.348 e. The van der Waals surface area contributed by atoms with Crippen molar-refractivity contribution in [3.63, 3.8) is 0 Å². The van der Waals surface area contributed by atoms with Gasteiger partial charge in [-0.1, -0.05) is 23.2 Å². The van der Waals surface area contributed by atoms with E-state index in [2.05, 4.69) is 10.4 Å². The van der Waals surface area contributed by atoms with Crippen LogP contribution in [0.25, 0.3) is 0 Å². The lowest BCUT2D eigenvalue weighted by Gasteiger charge is -2.06. The average Bonchev–Trinajstić information content (AvgIpc) is 2.65. The first-order valence-electron chi connectivity index (χ1n) is 5.69. The maximum atomic E-state index is 12.0. The van der Waals surface area contributed by atoms with Crippen molar-refractivity contribution in [3.05, 3.63) is 51.3 Å². The van der Waals surface area contributed by atoms with Crippen molar-refractivity contribution in [2.24, 2.45) is 7.05 Å². The van der Waals surface area contributed by atoms with Crippen LogP contribution in [0.3, 0.4) is 0 Å². The number of nitrogens with one attached hydrogen (secondary N) is 1. The molecule has 100 valence electrons. The third kappa shape index (κ3) is 3.28. The third-order valence-electron chi connectivity index (χ3n) is 2.73. The lowest BCUT2D eigenvalue weighted by Crippen LogP contribution is -2.23. The summed E-state index contributed by atoms with van der Waals surface area (Å²) in [4.78, 5) is 12.0. The van der Waals surface area contributed by atoms with E-state index >= 15 is 0 Å². The van der Waals surface area contributed by atoms with Gasteiger partial charge >= 0.3 is 0 Å². The Morgan fingerprint density at radius 2 is 2.16 bits per heavy atom. The molecule has 0 spiro atoms. The van der Waals surface area contributed by atoms with Crippen LogP contribution in [-0.2, 0) is 13.6 Å². The predicted octanol–water partition coefficient (Wildman–Crippen LogP) is 2.97. The topological polar surface area (TPSA) is 46.9 Å². The first kappa shape index (κ1) is 13.9. The summed E-state index contributed by atoms with van der Waals surface area (Å²) < 4.78 is 1.71. The van der Waals surface area contributed by atoms with Gasteiger partial charge in [0.2, 0.25) is 0 Å². The Morgan fingerprint density at radius 3 is 2.74 bits per heavy atom. The first-order chi connectivity index (χ1) is 8.97. The van der Waals surface area contributed by atoms with Gasteiger partial charge in [-0.2, -0.15) is 5.10 Å². The number of halogens is 2. The number of carbonyl (C=O) groups is 1. The maximum Gasteiger partial charge on any atom is 0.253 e. The molecule has 6 heteroatoms. The van der Waals surface area contributed by atoms with Crippen molar-refractivity contribution in [2.75, 3.05) is 0 Å². The zero-order valence-electron chi connectivity index (χ0n) is 10.6. The van der Waals surface area contributed by atoms with Gasteiger partial charge in [-0.25, -0.2) is 0 Å². The highest BCUT2D eigenvalue weighted by atomic mass is 35.5. The SMILES string of the molecule is Cc1nn(C)cc1CNC(=O)c1ccc(Cl)cc1Cl. The van der Waals surface area contributed by atoms with Crippen LogP contribution in [0, 0.1) is 6.92 Å². The van der Waals surface area contributed by atoms with Gasteiger partial charge in [-0.15, -0.1) is 0 Å². The molecule has 0 atom stereocenters. The van der Waals surface area contributed by atoms with E-state index in [1.54, 1.807) is 22.9 Å². The number of hydrogen-bond acceptors (Lipinski definition) is 2. The Balaban J connectivity index is 2.07. The van der Waals surface area contributed by atoms with E-state index in [0.717, 1.165) is 11.3 Å². The van der Waals surface area contributed by atoms with Gasteiger partial charge in [0.05, 0.1) is 16.3 Å². The molecule has 2 rings (SSSR count). The summed E-state index contributed by atoms with van der Waals surface area (Å²) in [6, 6.07) is 4.79. The van der Waals surface area contributed by atoms with Crippen LogP contribution in [0.15, 0.2) is 24.4 Å². The first-order valence-corrected chi connectivity index (χ1v) is 6.45. The van der Waals surface area contributed by atoms with E-state index in [0.29, 0.717) is 22.2 Å². The van der Waals surface area contributed by atoms with Crippen LogP contribution < -0.4 is 5.32 Å². The zero-order chi connectivity index (χ0) is 14.0. The van der Waals surface area contributed by atoms with Crippen molar-refractivity contribution < 1.29 is 4.79 Å². The van der Waals surface area contributed by atoms with E-state index in [1.165, 1.54) is 0 Å². The molecule has 0 saturated carbocycles. The number of amides is 1. The molecule has 1 aromatic heterocycles. The lowest BCUT2D eigenvalue weighted by atomic mass is 10.2. The van der Waals surface area contributed by atoms with Gasteiger partial charge in [-0.3, -0.25) is 9.48 Å². The molecule has 0 aliphatic carbocycles. The lowest BCUT2D eigenvalue weighted by molar-refractivity contribution is 0.0951. The van der Waals surface area contributed by atoms with Crippen molar-refractivity contribution in [1.29, 1.82) is 0 Å². The van der Waals surface area contributed by atoms with Crippen molar-refractivity contribution in [1.82, 2.24) is 15.1 Å². The van der Waals surface area contributed by atoms with Gasteiger partial charge in [0.15, 0.2) is 0 Å². The van der Waals surface area contributed by atoms with Crippen molar-refractivity contribution in [3.8, 4) is 0 Å². The highest BCUT2D eigenvalue weighted by Gasteiger charge is 2.11. The summed E-state index contributed by atoms with van der Waals surface area (Å²) in [6.07, 6.45) is 1.87. The molecule has 0 aliphatic heterocycles. The van der Waals surface area contributed by atoms with Crippen LogP contribution in [0.2, 0.25) is 10.0 Å². The summed E-state index contributed by atoms with van der Waals surface area (Å²) in [5.41, 5.74) is 2.28. The number of aryl methyl sites for hydroxylation is 2. The highest BCUT2D eigenvalue weighted by molar-refractivity contribution is 6.36. The van der Waals surface area contributed by atoms with Gasteiger partial charge in [0.1, 0.15) is 0 Å². The molecule has 0 saturated heterocycles. The van der Waals surface area contributed by atoms with Crippen LogP contribution in [0.5, 0.6) is 0 Å². The van der Waals surface area contributed by atoms with Crippen molar-refractivity contribution >= 4 is 29.1 Å². The molecule has 0 aliphatic rings. The quantitative estimate of drug-likeness (QED) is 0.947. The second-order valence-electron chi connectivity index (χ2n) is 4.22. The summed E-state index contributed by atoms with van der Waals surface area (Å²) in [5, 5.41) is 7.87. The monoisotopic (exact) mass is 297 g/mol. The molecule has 0 unspecified atom stereocenters. The van der Waals surface area contributed by atoms with Crippen LogP contribution in [0.4, 0.5) is 0 Å². The van der Waals surface area contributed by atoms with Crippen LogP contribution in [-0.4, -0.2) is 15.7 Å². The van der Waals surface area contributed by atoms with E-state index in [1.807, 2.05) is 20.2 Å². The van der Waals surface area contributed by atoms with E-state index in [-0.39, 0.29) is 5.91 Å². The highest BCUT2D eigenvalue weighted by Crippen LogP contribution is 2.20. The minimum absolute atomic E-state index is 0.232. The Bertz CT molecular complexity index is 622. The molecular formula is C13H13Cl2N3O. The molecular weight excluding hydrogens is 285 g/mol. The van der Waals surface area contributed by atoms with E-state index < -0.39 is 0 Å². The van der Waals surface area contributed by atoms with E-state index in [9.17, 15) is 4.79 Å². The predicted molar refractivity (Wildman–Crippen MR) is 75.6 cm³/mol. The van der Waals surface area contributed by atoms with Gasteiger partial charge in [0, 0.05) is 30.4 Å². The largest absolute Gasteiger partial charge is 0.348 e. The fourth-order valence-corrected chi connectivity index (χ4v) is 2.26. The Labute approximate surface area is 121 Å². The number of nitrogens with zero attached hydrogens (tertiary/aromatic N) is 2. The van der Waals surface area contributed by atoms with Crippen LogP contribution in [0.1, 0.15) is 21.6 Å². The number of benzene rings is 1. The minimum atomic E-state index is -0.232. The molecule has 2 aromatic rings. The van der Waals surface area contributed by atoms with Crippen LogP contribution >= 0.6 is 23.2 Å². The molecule has 19 heavy (non-hydrogen) atoms. The summed E-state index contributed by atoms with van der Waals surface area (Å²) in [7, 11) is 1.84. The van der Waals surface area contributed by atoms with Gasteiger partial charge in [0.25, 0.3) is 5.91 Å². The standard InChI is InChI=1S/C13H13Cl2N3O/c1-8-9(7-18(2)17-8)6-16-13(19)11-4-3-10(14)5-12(11)15/h3-5,7H,6H2,1-2H3,(H,16,19). The number of hydrogen-bond donors (Lipinski definition) is 1. The summed E-state index contributed by atoms with van der Waals surface area (Å²) >= 11 is 11.8. The molecule has 0 radical (unpaired) electrons. The smallest absolute Gasteiger partial charge is 0.253 e. The fraction of sp³-hybridized carbons (Fsp3) is 0.231.